The molecule has 1 atom stereocenters. The van der Waals surface area contributed by atoms with Crippen molar-refractivity contribution in [1.29, 1.82) is 0 Å². The molecule has 0 spiro atoms. The van der Waals surface area contributed by atoms with E-state index < -0.39 is 15.8 Å². The average Bonchev–Trinajstić information content (AvgIpc) is 3.37. The molecule has 11 nitrogen and oxygen atoms in total. The fraction of sp³-hybridized carbons (Fsp3) is 0.259. The second kappa shape index (κ2) is 11.0. The highest BCUT2D eigenvalue weighted by atomic mass is 32.2. The number of halogens is 1. The van der Waals surface area contributed by atoms with E-state index in [4.69, 9.17) is 15.6 Å². The van der Waals surface area contributed by atoms with E-state index in [0.717, 1.165) is 30.5 Å². The Morgan fingerprint density at radius 1 is 1.25 bits per heavy atom. The lowest BCUT2D eigenvalue weighted by Crippen LogP contribution is -2.40. The first-order valence-corrected chi connectivity index (χ1v) is 14.0. The molecule has 13 heteroatoms. The van der Waals surface area contributed by atoms with Gasteiger partial charge in [0, 0.05) is 25.2 Å². The minimum absolute atomic E-state index is 0.0298. The number of nitrogen functional groups attached to an aromatic ring is 1. The number of ether oxygens (including phenoxy) is 1. The number of nitrogens with one attached hydrogen (secondary N) is 1. The Labute approximate surface area is 230 Å². The SMILES string of the molecule is C=CC(=O)N1CCC[C@@H](n2nc(-c3ccc(CNS(=O)(=O)c4cc(F)ccc4OC)cc3)c3c(N)ncnc32)C1. The second-order valence-corrected chi connectivity index (χ2v) is 11.1. The number of carbonyl (C=O) groups excluding carboxylic acids is 1. The van der Waals surface area contributed by atoms with Gasteiger partial charge in [0.25, 0.3) is 0 Å². The van der Waals surface area contributed by atoms with E-state index in [9.17, 15) is 17.6 Å². The van der Waals surface area contributed by atoms with Crippen molar-refractivity contribution >= 4 is 32.8 Å². The number of anilines is 1. The van der Waals surface area contributed by atoms with Gasteiger partial charge in [0.15, 0.2) is 5.65 Å². The first-order chi connectivity index (χ1) is 19.2. The number of benzene rings is 2. The Morgan fingerprint density at radius 2 is 2.02 bits per heavy atom. The van der Waals surface area contributed by atoms with Crippen LogP contribution in [0.3, 0.4) is 0 Å². The summed E-state index contributed by atoms with van der Waals surface area (Å²) in [6.07, 6.45) is 4.33. The molecule has 0 saturated carbocycles. The zero-order valence-corrected chi connectivity index (χ0v) is 22.6. The van der Waals surface area contributed by atoms with Crippen LogP contribution in [0.1, 0.15) is 24.4 Å². The van der Waals surface area contributed by atoms with Crippen LogP contribution in [-0.4, -0.2) is 59.2 Å². The maximum Gasteiger partial charge on any atom is 0.246 e. The van der Waals surface area contributed by atoms with Crippen molar-refractivity contribution in [2.75, 3.05) is 25.9 Å². The van der Waals surface area contributed by atoms with Gasteiger partial charge in [-0.3, -0.25) is 4.79 Å². The van der Waals surface area contributed by atoms with Crippen molar-refractivity contribution in [3.63, 3.8) is 0 Å². The monoisotopic (exact) mass is 565 g/mol. The highest BCUT2D eigenvalue weighted by Crippen LogP contribution is 2.34. The van der Waals surface area contributed by atoms with Gasteiger partial charge in [0.1, 0.15) is 34.3 Å². The largest absolute Gasteiger partial charge is 0.495 e. The van der Waals surface area contributed by atoms with E-state index >= 15 is 0 Å². The molecule has 3 N–H and O–H groups in total. The molecule has 5 rings (SSSR count). The van der Waals surface area contributed by atoms with Crippen LogP contribution in [-0.2, 0) is 21.4 Å². The molecule has 0 radical (unpaired) electrons. The number of nitrogens with zero attached hydrogens (tertiary/aromatic N) is 5. The number of piperidine rings is 1. The number of hydrogen-bond donors (Lipinski definition) is 2. The summed E-state index contributed by atoms with van der Waals surface area (Å²) in [5.41, 5.74) is 8.81. The Balaban J connectivity index is 1.41. The zero-order chi connectivity index (χ0) is 28.4. The van der Waals surface area contributed by atoms with E-state index in [-0.39, 0.29) is 35.0 Å². The molecule has 208 valence electrons. The first kappa shape index (κ1) is 27.2. The van der Waals surface area contributed by atoms with Gasteiger partial charge in [-0.1, -0.05) is 30.8 Å². The van der Waals surface area contributed by atoms with Crippen molar-refractivity contribution in [2.45, 2.75) is 30.3 Å². The molecule has 0 aliphatic carbocycles. The lowest BCUT2D eigenvalue weighted by Gasteiger charge is -2.32. The van der Waals surface area contributed by atoms with Crippen molar-refractivity contribution in [3.8, 4) is 17.0 Å². The minimum Gasteiger partial charge on any atom is -0.495 e. The van der Waals surface area contributed by atoms with E-state index in [2.05, 4.69) is 21.3 Å². The average molecular weight is 566 g/mol. The maximum atomic E-state index is 13.7. The number of hydrogen-bond acceptors (Lipinski definition) is 8. The predicted molar refractivity (Wildman–Crippen MR) is 147 cm³/mol. The van der Waals surface area contributed by atoms with E-state index in [1.807, 2.05) is 0 Å². The molecule has 1 aliphatic heterocycles. The van der Waals surface area contributed by atoms with Gasteiger partial charge in [-0.05, 0) is 42.7 Å². The van der Waals surface area contributed by atoms with E-state index in [1.54, 1.807) is 33.8 Å². The highest BCUT2D eigenvalue weighted by Gasteiger charge is 2.28. The molecule has 1 aliphatic rings. The van der Waals surface area contributed by atoms with Gasteiger partial charge in [-0.25, -0.2) is 32.2 Å². The normalized spacial score (nSPS) is 15.8. The second-order valence-electron chi connectivity index (χ2n) is 9.35. The summed E-state index contributed by atoms with van der Waals surface area (Å²) < 4.78 is 48.7. The van der Waals surface area contributed by atoms with Crippen molar-refractivity contribution in [1.82, 2.24) is 29.4 Å². The fourth-order valence-electron chi connectivity index (χ4n) is 4.83. The van der Waals surface area contributed by atoms with Gasteiger partial charge in [0.05, 0.1) is 18.5 Å². The smallest absolute Gasteiger partial charge is 0.246 e. The number of rotatable bonds is 8. The molecular weight excluding hydrogens is 537 g/mol. The summed E-state index contributed by atoms with van der Waals surface area (Å²) >= 11 is 0. The summed E-state index contributed by atoms with van der Waals surface area (Å²) in [5, 5.41) is 5.45. The highest BCUT2D eigenvalue weighted by molar-refractivity contribution is 7.89. The van der Waals surface area contributed by atoms with E-state index in [0.29, 0.717) is 35.4 Å². The van der Waals surface area contributed by atoms with Gasteiger partial charge >= 0.3 is 0 Å². The topological polar surface area (TPSA) is 145 Å². The summed E-state index contributed by atoms with van der Waals surface area (Å²) in [7, 11) is -2.72. The maximum absolute atomic E-state index is 13.7. The molecule has 1 saturated heterocycles. The van der Waals surface area contributed by atoms with E-state index in [1.165, 1.54) is 25.6 Å². The van der Waals surface area contributed by atoms with Gasteiger partial charge in [-0.2, -0.15) is 5.10 Å². The molecule has 1 amide bonds. The van der Waals surface area contributed by atoms with Crippen LogP contribution >= 0.6 is 0 Å². The van der Waals surface area contributed by atoms with Crippen LogP contribution in [0.2, 0.25) is 0 Å². The molecule has 2 aromatic carbocycles. The Bertz CT molecular complexity index is 1690. The van der Waals surface area contributed by atoms with Crippen LogP contribution in [0.5, 0.6) is 5.75 Å². The zero-order valence-electron chi connectivity index (χ0n) is 21.7. The number of nitrogens with two attached hydrogens (primary N) is 1. The number of sulfonamides is 1. The summed E-state index contributed by atoms with van der Waals surface area (Å²) in [6, 6.07) is 10.3. The minimum atomic E-state index is -4.04. The van der Waals surface area contributed by atoms with Gasteiger partial charge in [0.2, 0.25) is 15.9 Å². The molecule has 0 bridgehead atoms. The Kier molecular flexibility index (Phi) is 7.50. The van der Waals surface area contributed by atoms with Crippen molar-refractivity contribution < 1.29 is 22.3 Å². The molecule has 40 heavy (non-hydrogen) atoms. The molecule has 0 unspecified atom stereocenters. The van der Waals surface area contributed by atoms with Crippen LogP contribution < -0.4 is 15.2 Å². The standard InChI is InChI=1S/C27H28FN7O4S/c1-3-23(36)34-12-4-5-20(15-34)35-27-24(26(29)30-16-31-27)25(33-35)18-8-6-17(7-9-18)14-32-40(37,38)22-13-19(28)10-11-21(22)39-2/h3,6-11,13,16,20,32H,1,4-5,12,14-15H2,2H3,(H2,29,30,31)/t20-/m1/s1. The quantitative estimate of drug-likeness (QED) is 0.310. The molecular formula is C27H28FN7O4S. The predicted octanol–water partition coefficient (Wildman–Crippen LogP) is 3.05. The van der Waals surface area contributed by atoms with Gasteiger partial charge in [-0.15, -0.1) is 0 Å². The summed E-state index contributed by atoms with van der Waals surface area (Å²) in [6.45, 7) is 4.69. The Hall–Kier alpha value is -4.36. The third-order valence-electron chi connectivity index (χ3n) is 6.86. The van der Waals surface area contributed by atoms with Crippen molar-refractivity contribution in [3.05, 3.63) is 72.8 Å². The number of likely N-dealkylation sites (tertiary alicyclic amines) is 1. The van der Waals surface area contributed by atoms with Crippen LogP contribution in [0, 0.1) is 5.82 Å². The third-order valence-corrected chi connectivity index (χ3v) is 8.28. The summed E-state index contributed by atoms with van der Waals surface area (Å²) in [5.74, 6) is -0.491. The lowest BCUT2D eigenvalue weighted by molar-refractivity contribution is -0.127. The molecule has 3 heterocycles. The number of aromatic nitrogens is 4. The molecule has 2 aromatic heterocycles. The molecule has 4 aromatic rings. The fourth-order valence-corrected chi connectivity index (χ4v) is 6.03. The van der Waals surface area contributed by atoms with Gasteiger partial charge < -0.3 is 15.4 Å². The molecule has 1 fully saturated rings. The number of methoxy groups -OCH3 is 1. The van der Waals surface area contributed by atoms with Crippen LogP contribution in [0.15, 0.2) is 66.3 Å². The number of amides is 1. The Morgan fingerprint density at radius 3 is 2.75 bits per heavy atom. The third kappa shape index (κ3) is 5.25. The van der Waals surface area contributed by atoms with Crippen molar-refractivity contribution in [2.24, 2.45) is 0 Å². The number of fused-ring (bicyclic) bond motifs is 1. The summed E-state index contributed by atoms with van der Waals surface area (Å²) in [4.78, 5) is 22.3. The number of carbonyl (C=O) groups is 1. The lowest BCUT2D eigenvalue weighted by atomic mass is 10.1. The van der Waals surface area contributed by atoms with Crippen LogP contribution in [0.25, 0.3) is 22.3 Å². The van der Waals surface area contributed by atoms with Crippen LogP contribution in [0.4, 0.5) is 10.2 Å². The first-order valence-electron chi connectivity index (χ1n) is 12.5.